The molecule has 0 aliphatic carbocycles. The number of pyridine rings is 1. The van der Waals surface area contributed by atoms with Crippen LogP contribution in [0, 0.1) is 0 Å². The molecule has 10 heteroatoms. The normalized spacial score (nSPS) is 16.2. The van der Waals surface area contributed by atoms with E-state index in [1.54, 1.807) is 19.3 Å². The van der Waals surface area contributed by atoms with Crippen LogP contribution in [0.15, 0.2) is 58.4 Å². The average molecular weight is 429 g/mol. The molecule has 0 radical (unpaired) electrons. The molecule has 158 valence electrons. The molecule has 9 nitrogen and oxygen atoms in total. The highest BCUT2D eigenvalue weighted by Crippen LogP contribution is 2.16. The first-order valence-corrected chi connectivity index (χ1v) is 11.3. The lowest BCUT2D eigenvalue weighted by molar-refractivity contribution is 0.259. The molecule has 1 fully saturated rings. The van der Waals surface area contributed by atoms with Crippen molar-refractivity contribution in [3.05, 3.63) is 60.1 Å². The van der Waals surface area contributed by atoms with E-state index in [0.717, 1.165) is 22.4 Å². The molecule has 2 aromatic heterocycles. The Morgan fingerprint density at radius 3 is 2.70 bits per heavy atom. The summed E-state index contributed by atoms with van der Waals surface area (Å²) in [6.07, 6.45) is 3.17. The van der Waals surface area contributed by atoms with Crippen molar-refractivity contribution in [2.45, 2.75) is 12.3 Å². The molecule has 0 atom stereocenters. The van der Waals surface area contributed by atoms with Gasteiger partial charge in [0.2, 0.25) is 10.0 Å². The minimum Gasteiger partial charge on any atom is -0.364 e. The molecule has 3 heterocycles. The maximum atomic E-state index is 12.6. The van der Waals surface area contributed by atoms with Crippen LogP contribution in [0.3, 0.4) is 0 Å². The molecular formula is C20H24N6O3S. The zero-order valence-corrected chi connectivity index (χ0v) is 17.5. The Balaban J connectivity index is 1.36. The maximum Gasteiger partial charge on any atom is 0.220 e. The fourth-order valence-corrected chi connectivity index (χ4v) is 5.01. The van der Waals surface area contributed by atoms with Crippen LogP contribution in [0.25, 0.3) is 10.9 Å². The second-order valence-corrected chi connectivity index (χ2v) is 9.00. The number of nitrogens with zero attached hydrogens (tertiary/aromatic N) is 5. The van der Waals surface area contributed by atoms with Crippen molar-refractivity contribution in [2.24, 2.45) is 4.99 Å². The van der Waals surface area contributed by atoms with Crippen LogP contribution in [0.1, 0.15) is 11.3 Å². The van der Waals surface area contributed by atoms with Gasteiger partial charge in [0, 0.05) is 57.4 Å². The summed E-state index contributed by atoms with van der Waals surface area (Å²) in [5.74, 6) is 0.598. The number of piperazine rings is 1. The molecule has 1 saturated heterocycles. The Bertz CT molecular complexity index is 1120. The molecule has 30 heavy (non-hydrogen) atoms. The van der Waals surface area contributed by atoms with Crippen molar-refractivity contribution in [1.29, 1.82) is 0 Å². The third kappa shape index (κ3) is 4.44. The third-order valence-electron chi connectivity index (χ3n) is 5.12. The number of para-hydroxylation sites is 1. The van der Waals surface area contributed by atoms with Crippen molar-refractivity contribution in [3.8, 4) is 0 Å². The number of sulfonamides is 1. The number of aromatic nitrogens is 2. The largest absolute Gasteiger partial charge is 0.364 e. The number of hydrogen-bond acceptors (Lipinski definition) is 6. The van der Waals surface area contributed by atoms with Gasteiger partial charge in [0.1, 0.15) is 12.0 Å². The lowest BCUT2D eigenvalue weighted by Gasteiger charge is -2.35. The minimum absolute atomic E-state index is 0.148. The Morgan fingerprint density at radius 2 is 1.97 bits per heavy atom. The van der Waals surface area contributed by atoms with E-state index in [1.165, 1.54) is 10.6 Å². The van der Waals surface area contributed by atoms with E-state index in [0.29, 0.717) is 38.4 Å². The Morgan fingerprint density at radius 1 is 1.17 bits per heavy atom. The van der Waals surface area contributed by atoms with E-state index in [2.05, 4.69) is 25.3 Å². The quantitative estimate of drug-likeness (QED) is 0.484. The summed E-state index contributed by atoms with van der Waals surface area (Å²) in [6, 6.07) is 11.6. The van der Waals surface area contributed by atoms with E-state index in [1.807, 2.05) is 30.3 Å². The summed E-state index contributed by atoms with van der Waals surface area (Å²) >= 11 is 0. The van der Waals surface area contributed by atoms with Gasteiger partial charge in [-0.3, -0.25) is 9.98 Å². The predicted molar refractivity (Wildman–Crippen MR) is 114 cm³/mol. The number of nitrogens with one attached hydrogen (secondary N) is 1. The fraction of sp³-hybridized carbons (Fsp3) is 0.350. The summed E-state index contributed by atoms with van der Waals surface area (Å²) < 4.78 is 31.4. The number of guanidine groups is 1. The number of hydrogen-bond donors (Lipinski definition) is 1. The van der Waals surface area contributed by atoms with E-state index in [4.69, 9.17) is 4.52 Å². The van der Waals surface area contributed by atoms with Crippen LogP contribution >= 0.6 is 0 Å². The standard InChI is InChI=1S/C20H24N6O3S/c1-21-20(23-14-17-5-2-4-16-6-3-8-22-19(16)17)25-9-11-26(12-10-25)30(27,28)15-18-7-13-29-24-18/h2-8,13H,9-12,14-15H2,1H3,(H,21,23). The van der Waals surface area contributed by atoms with Crippen LogP contribution in [-0.4, -0.2) is 66.9 Å². The van der Waals surface area contributed by atoms with E-state index >= 15 is 0 Å². The molecule has 0 saturated carbocycles. The summed E-state index contributed by atoms with van der Waals surface area (Å²) in [5, 5.41) is 8.18. The van der Waals surface area contributed by atoms with Gasteiger partial charge in [-0.15, -0.1) is 0 Å². The van der Waals surface area contributed by atoms with E-state index < -0.39 is 10.0 Å². The highest BCUT2D eigenvalue weighted by atomic mass is 32.2. The topological polar surface area (TPSA) is 104 Å². The second-order valence-electron chi connectivity index (χ2n) is 7.03. The number of rotatable bonds is 5. The molecule has 3 aromatic rings. The summed E-state index contributed by atoms with van der Waals surface area (Å²) in [5.41, 5.74) is 2.47. The number of fused-ring (bicyclic) bond motifs is 1. The summed E-state index contributed by atoms with van der Waals surface area (Å²) in [4.78, 5) is 10.9. The lowest BCUT2D eigenvalue weighted by Crippen LogP contribution is -2.53. The maximum absolute atomic E-state index is 12.6. The van der Waals surface area contributed by atoms with Crippen molar-refractivity contribution < 1.29 is 12.9 Å². The molecule has 0 bridgehead atoms. The molecule has 1 aliphatic heterocycles. The highest BCUT2D eigenvalue weighted by molar-refractivity contribution is 7.88. The Kier molecular flexibility index (Phi) is 5.96. The van der Waals surface area contributed by atoms with Gasteiger partial charge in [-0.05, 0) is 11.6 Å². The van der Waals surface area contributed by atoms with Crippen LogP contribution in [0.4, 0.5) is 0 Å². The average Bonchev–Trinajstić information content (AvgIpc) is 3.27. The van der Waals surface area contributed by atoms with Gasteiger partial charge in [-0.2, -0.15) is 4.31 Å². The van der Waals surface area contributed by atoms with E-state index in [9.17, 15) is 8.42 Å². The molecular weight excluding hydrogens is 404 g/mol. The molecule has 1 aromatic carbocycles. The minimum atomic E-state index is -3.43. The van der Waals surface area contributed by atoms with Gasteiger partial charge in [0.25, 0.3) is 0 Å². The van der Waals surface area contributed by atoms with Gasteiger partial charge < -0.3 is 14.7 Å². The van der Waals surface area contributed by atoms with Crippen molar-refractivity contribution in [1.82, 2.24) is 24.7 Å². The second kappa shape index (κ2) is 8.80. The van der Waals surface area contributed by atoms with Crippen LogP contribution < -0.4 is 5.32 Å². The highest BCUT2D eigenvalue weighted by Gasteiger charge is 2.29. The van der Waals surface area contributed by atoms with Crippen LogP contribution in [0.2, 0.25) is 0 Å². The molecule has 0 unspecified atom stereocenters. The first-order valence-electron chi connectivity index (χ1n) is 9.72. The molecule has 1 N–H and O–H groups in total. The smallest absolute Gasteiger partial charge is 0.220 e. The Hall–Kier alpha value is -2.98. The summed E-state index contributed by atoms with van der Waals surface area (Å²) in [6.45, 7) is 2.51. The molecule has 1 aliphatic rings. The van der Waals surface area contributed by atoms with Gasteiger partial charge in [0.05, 0.1) is 11.2 Å². The predicted octanol–water partition coefficient (Wildman–Crippen LogP) is 1.45. The summed E-state index contributed by atoms with van der Waals surface area (Å²) in [7, 11) is -1.69. The van der Waals surface area contributed by atoms with Crippen molar-refractivity contribution in [2.75, 3.05) is 33.2 Å². The van der Waals surface area contributed by atoms with Gasteiger partial charge in [0.15, 0.2) is 5.96 Å². The monoisotopic (exact) mass is 428 g/mol. The zero-order valence-electron chi connectivity index (χ0n) is 16.7. The lowest BCUT2D eigenvalue weighted by atomic mass is 10.1. The first kappa shape index (κ1) is 20.3. The number of benzene rings is 1. The Labute approximate surface area is 175 Å². The fourth-order valence-electron chi connectivity index (χ4n) is 3.58. The van der Waals surface area contributed by atoms with Crippen molar-refractivity contribution in [3.63, 3.8) is 0 Å². The van der Waals surface area contributed by atoms with E-state index in [-0.39, 0.29) is 5.75 Å². The van der Waals surface area contributed by atoms with Crippen LogP contribution in [-0.2, 0) is 22.3 Å². The number of aliphatic imine (C=N–C) groups is 1. The molecule has 0 amide bonds. The van der Waals surface area contributed by atoms with Crippen LogP contribution in [0.5, 0.6) is 0 Å². The van der Waals surface area contributed by atoms with Gasteiger partial charge in [-0.25, -0.2) is 8.42 Å². The zero-order chi connectivity index (χ0) is 21.0. The molecule has 0 spiro atoms. The molecule has 4 rings (SSSR count). The third-order valence-corrected chi connectivity index (χ3v) is 6.93. The van der Waals surface area contributed by atoms with Gasteiger partial charge in [-0.1, -0.05) is 29.4 Å². The van der Waals surface area contributed by atoms with Crippen molar-refractivity contribution >= 4 is 26.9 Å². The SMILES string of the molecule is CN=C(NCc1cccc2cccnc12)N1CCN(S(=O)(=O)Cc2ccon2)CC1. The van der Waals surface area contributed by atoms with Gasteiger partial charge >= 0.3 is 0 Å². The first-order chi connectivity index (χ1) is 14.6.